The van der Waals surface area contributed by atoms with Gasteiger partial charge in [-0.25, -0.2) is 8.42 Å². The number of carbonyl (C=O) groups excluding carboxylic acids is 2. The molecule has 0 aliphatic heterocycles. The molecule has 2 amide bonds. The average molecular weight is 621 g/mol. The third kappa shape index (κ3) is 7.93. The summed E-state index contributed by atoms with van der Waals surface area (Å²) in [4.78, 5) is 28.9. The van der Waals surface area contributed by atoms with Gasteiger partial charge in [-0.2, -0.15) is 0 Å². The Balaban J connectivity index is 2.09. The van der Waals surface area contributed by atoms with Crippen LogP contribution in [0.4, 0.5) is 5.69 Å². The molecule has 3 aromatic carbocycles. The number of hydrogen-bond donors (Lipinski definition) is 1. The lowest BCUT2D eigenvalue weighted by molar-refractivity contribution is -0.140. The highest BCUT2D eigenvalue weighted by atomic mass is 35.5. The molecule has 2 atom stereocenters. The van der Waals surface area contributed by atoms with Crippen molar-refractivity contribution >= 4 is 50.7 Å². The Labute approximate surface area is 252 Å². The summed E-state index contributed by atoms with van der Waals surface area (Å²) in [5, 5.41) is 3.60. The van der Waals surface area contributed by atoms with Crippen LogP contribution in [0.15, 0.2) is 77.7 Å². The van der Waals surface area contributed by atoms with Crippen molar-refractivity contribution < 1.29 is 22.7 Å². The Hall–Kier alpha value is -3.27. The molecular weight excluding hydrogens is 585 g/mol. The Morgan fingerprint density at radius 2 is 1.51 bits per heavy atom. The molecule has 0 bridgehead atoms. The summed E-state index contributed by atoms with van der Waals surface area (Å²) in [5.41, 5.74) is 0.719. The molecule has 0 aliphatic rings. The smallest absolute Gasteiger partial charge is 0.264 e. The largest absolute Gasteiger partial charge is 0.497 e. The molecule has 41 heavy (non-hydrogen) atoms. The quantitative estimate of drug-likeness (QED) is 0.256. The van der Waals surface area contributed by atoms with Crippen molar-refractivity contribution in [1.82, 2.24) is 10.2 Å². The van der Waals surface area contributed by atoms with Gasteiger partial charge in [-0.15, -0.1) is 0 Å². The molecule has 0 aromatic heterocycles. The van der Waals surface area contributed by atoms with E-state index < -0.39 is 28.5 Å². The molecule has 3 rings (SSSR count). The Morgan fingerprint density at radius 1 is 0.902 bits per heavy atom. The summed E-state index contributed by atoms with van der Waals surface area (Å²) in [6.45, 7) is 4.95. The van der Waals surface area contributed by atoms with E-state index in [1.54, 1.807) is 67.6 Å². The molecule has 0 fully saturated rings. The first-order valence-electron chi connectivity index (χ1n) is 13.3. The number of rotatable bonds is 13. The third-order valence-electron chi connectivity index (χ3n) is 6.75. The van der Waals surface area contributed by atoms with Gasteiger partial charge >= 0.3 is 0 Å². The van der Waals surface area contributed by atoms with E-state index in [1.807, 2.05) is 13.8 Å². The van der Waals surface area contributed by atoms with Crippen molar-refractivity contribution in [3.05, 3.63) is 88.4 Å². The van der Waals surface area contributed by atoms with Crippen LogP contribution in [-0.4, -0.2) is 50.9 Å². The van der Waals surface area contributed by atoms with Gasteiger partial charge in [0.25, 0.3) is 10.0 Å². The SMILES string of the molecule is CC[C@@H](C)NC(=O)[C@H](CC)N(Cc1c(Cl)cccc1Cl)C(=O)CN(c1ccc(OC)cc1)S(=O)(=O)c1ccccc1. The molecule has 3 aromatic rings. The maximum Gasteiger partial charge on any atom is 0.264 e. The van der Waals surface area contributed by atoms with Gasteiger partial charge in [-0.3, -0.25) is 13.9 Å². The van der Waals surface area contributed by atoms with E-state index in [4.69, 9.17) is 27.9 Å². The second kappa shape index (κ2) is 14.6. The Kier molecular flexibility index (Phi) is 11.5. The molecule has 0 radical (unpaired) electrons. The Morgan fingerprint density at radius 3 is 2.05 bits per heavy atom. The van der Waals surface area contributed by atoms with E-state index in [0.717, 1.165) is 4.31 Å². The first-order valence-corrected chi connectivity index (χ1v) is 15.5. The summed E-state index contributed by atoms with van der Waals surface area (Å²) >= 11 is 12.9. The standard InChI is InChI=1S/C30H35Cl2N3O5S/c1-5-21(3)33-30(37)28(6-2)34(19-25-26(31)13-10-14-27(25)32)29(36)20-35(22-15-17-23(40-4)18-16-22)41(38,39)24-11-8-7-9-12-24/h7-18,21,28H,5-6,19-20H2,1-4H3,(H,33,37)/t21-,28+/m1/s1. The fraction of sp³-hybridized carbons (Fsp3) is 0.333. The van der Waals surface area contributed by atoms with Crippen LogP contribution >= 0.6 is 23.2 Å². The number of ether oxygens (including phenoxy) is 1. The van der Waals surface area contributed by atoms with Crippen molar-refractivity contribution in [2.24, 2.45) is 0 Å². The first-order chi connectivity index (χ1) is 19.5. The molecule has 8 nitrogen and oxygen atoms in total. The summed E-state index contributed by atoms with van der Waals surface area (Å²) in [7, 11) is -2.67. The number of benzene rings is 3. The van der Waals surface area contributed by atoms with Gasteiger partial charge < -0.3 is 15.0 Å². The number of nitrogens with one attached hydrogen (secondary N) is 1. The van der Waals surface area contributed by atoms with Gasteiger partial charge in [-0.1, -0.05) is 61.3 Å². The molecule has 11 heteroatoms. The van der Waals surface area contributed by atoms with Gasteiger partial charge in [0.2, 0.25) is 11.8 Å². The number of hydrogen-bond acceptors (Lipinski definition) is 5. The zero-order valence-corrected chi connectivity index (χ0v) is 25.8. The lowest BCUT2D eigenvalue weighted by Crippen LogP contribution is -2.53. The fourth-order valence-corrected chi connectivity index (χ4v) is 6.16. The van der Waals surface area contributed by atoms with Crippen molar-refractivity contribution in [3.8, 4) is 5.75 Å². The van der Waals surface area contributed by atoms with Crippen LogP contribution in [0.5, 0.6) is 5.75 Å². The molecule has 0 aliphatic carbocycles. The number of halogens is 2. The van der Waals surface area contributed by atoms with E-state index in [2.05, 4.69) is 5.32 Å². The van der Waals surface area contributed by atoms with Crippen LogP contribution < -0.4 is 14.4 Å². The van der Waals surface area contributed by atoms with E-state index >= 15 is 0 Å². The highest BCUT2D eigenvalue weighted by Gasteiger charge is 2.34. The Bertz CT molecular complexity index is 1420. The molecule has 0 heterocycles. The lowest BCUT2D eigenvalue weighted by atomic mass is 10.1. The van der Waals surface area contributed by atoms with Crippen LogP contribution in [-0.2, 0) is 26.2 Å². The maximum atomic E-state index is 14.1. The van der Waals surface area contributed by atoms with Crippen LogP contribution in [0.2, 0.25) is 10.0 Å². The predicted molar refractivity (Wildman–Crippen MR) is 163 cm³/mol. The molecule has 0 saturated carbocycles. The average Bonchev–Trinajstić information content (AvgIpc) is 2.97. The van der Waals surface area contributed by atoms with E-state index in [1.165, 1.54) is 24.1 Å². The van der Waals surface area contributed by atoms with Crippen molar-refractivity contribution in [3.63, 3.8) is 0 Å². The monoisotopic (exact) mass is 619 g/mol. The highest BCUT2D eigenvalue weighted by Crippen LogP contribution is 2.29. The molecule has 220 valence electrons. The summed E-state index contributed by atoms with van der Waals surface area (Å²) in [5.74, 6) is -0.414. The maximum absolute atomic E-state index is 14.1. The second-order valence-electron chi connectivity index (χ2n) is 9.49. The second-order valence-corrected chi connectivity index (χ2v) is 12.2. The minimum Gasteiger partial charge on any atom is -0.497 e. The number of anilines is 1. The molecule has 0 unspecified atom stereocenters. The van der Waals surface area contributed by atoms with Crippen LogP contribution in [0, 0.1) is 0 Å². The van der Waals surface area contributed by atoms with Gasteiger partial charge in [0.1, 0.15) is 18.3 Å². The molecule has 0 spiro atoms. The number of amides is 2. The summed E-state index contributed by atoms with van der Waals surface area (Å²) in [6, 6.07) is 18.2. The van der Waals surface area contributed by atoms with Crippen LogP contribution in [0.1, 0.15) is 39.2 Å². The number of nitrogens with zero attached hydrogens (tertiary/aromatic N) is 2. The highest BCUT2D eigenvalue weighted by molar-refractivity contribution is 7.92. The minimum absolute atomic E-state index is 0.0193. The van der Waals surface area contributed by atoms with E-state index in [0.29, 0.717) is 27.8 Å². The molecule has 1 N–H and O–H groups in total. The summed E-state index contributed by atoms with van der Waals surface area (Å²) < 4.78 is 34.0. The van der Waals surface area contributed by atoms with E-state index in [9.17, 15) is 18.0 Å². The van der Waals surface area contributed by atoms with Crippen molar-refractivity contribution in [1.29, 1.82) is 0 Å². The van der Waals surface area contributed by atoms with Gasteiger partial charge in [0.15, 0.2) is 0 Å². The van der Waals surface area contributed by atoms with Crippen molar-refractivity contribution in [2.75, 3.05) is 18.0 Å². The third-order valence-corrected chi connectivity index (χ3v) is 9.24. The topological polar surface area (TPSA) is 96.0 Å². The lowest BCUT2D eigenvalue weighted by Gasteiger charge is -2.34. The first kappa shape index (κ1) is 32.2. The van der Waals surface area contributed by atoms with Crippen LogP contribution in [0.25, 0.3) is 0 Å². The van der Waals surface area contributed by atoms with Gasteiger partial charge in [-0.05, 0) is 68.3 Å². The zero-order valence-electron chi connectivity index (χ0n) is 23.5. The number of carbonyl (C=O) groups is 2. The van der Waals surface area contributed by atoms with Crippen LogP contribution in [0.3, 0.4) is 0 Å². The minimum atomic E-state index is -4.17. The number of sulfonamides is 1. The zero-order chi connectivity index (χ0) is 30.2. The fourth-order valence-electron chi connectivity index (χ4n) is 4.21. The number of methoxy groups -OCH3 is 1. The normalized spacial score (nSPS) is 12.7. The molecule has 0 saturated heterocycles. The van der Waals surface area contributed by atoms with E-state index in [-0.39, 0.29) is 35.5 Å². The molecular formula is C30H35Cl2N3O5S. The van der Waals surface area contributed by atoms with Gasteiger partial charge in [0.05, 0.1) is 17.7 Å². The van der Waals surface area contributed by atoms with Crippen molar-refractivity contribution in [2.45, 2.75) is 57.1 Å². The predicted octanol–water partition coefficient (Wildman–Crippen LogP) is 5.92. The summed E-state index contributed by atoms with van der Waals surface area (Å²) in [6.07, 6.45) is 0.983. The van der Waals surface area contributed by atoms with Gasteiger partial charge in [0, 0.05) is 28.2 Å².